The quantitative estimate of drug-likeness (QED) is 0.414. The predicted octanol–water partition coefficient (Wildman–Crippen LogP) is 3.60. The van der Waals surface area contributed by atoms with Crippen LogP contribution in [0.2, 0.25) is 18.6 Å². The minimum absolute atomic E-state index is 0.0351. The molecule has 3 atom stereocenters. The molecule has 0 spiro atoms. The molecular weight excluding hydrogens is 382 g/mol. The zero-order valence-corrected chi connectivity index (χ0v) is 18.9. The lowest BCUT2D eigenvalue weighted by molar-refractivity contribution is -0.159. The zero-order chi connectivity index (χ0) is 21.4. The van der Waals surface area contributed by atoms with Crippen LogP contribution >= 0.6 is 0 Å². The number of rotatable bonds is 6. The van der Waals surface area contributed by atoms with E-state index in [0.29, 0.717) is 11.4 Å². The number of esters is 1. The summed E-state index contributed by atoms with van der Waals surface area (Å²) in [5.41, 5.74) is -0.318. The first-order chi connectivity index (χ1) is 13.7. The van der Waals surface area contributed by atoms with Gasteiger partial charge in [0, 0.05) is 5.69 Å². The maximum Gasteiger partial charge on any atom is 0.332 e. The van der Waals surface area contributed by atoms with Crippen molar-refractivity contribution in [1.82, 2.24) is 0 Å². The Bertz CT molecular complexity index is 897. The molecule has 0 unspecified atom stereocenters. The van der Waals surface area contributed by atoms with E-state index in [9.17, 15) is 9.59 Å². The van der Waals surface area contributed by atoms with Gasteiger partial charge in [0.2, 0.25) is 5.91 Å². The molecular formula is C23H29NO4Si. The third-order valence-electron chi connectivity index (χ3n) is 6.64. The second kappa shape index (κ2) is 7.67. The summed E-state index contributed by atoms with van der Waals surface area (Å²) in [6.07, 6.45) is 0. The van der Waals surface area contributed by atoms with Crippen LogP contribution in [0, 0.1) is 5.92 Å². The lowest BCUT2D eigenvalue weighted by Gasteiger charge is -2.57. The molecule has 1 heterocycles. The van der Waals surface area contributed by atoms with E-state index < -0.39 is 19.5 Å². The smallest absolute Gasteiger partial charge is 0.332 e. The summed E-state index contributed by atoms with van der Waals surface area (Å²) in [5.74, 6) is -0.155. The van der Waals surface area contributed by atoms with Crippen molar-refractivity contribution in [3.05, 3.63) is 54.6 Å². The van der Waals surface area contributed by atoms with Gasteiger partial charge < -0.3 is 9.47 Å². The van der Waals surface area contributed by atoms with E-state index in [1.165, 1.54) is 12.3 Å². The Morgan fingerprint density at radius 1 is 1.07 bits per heavy atom. The molecule has 3 rings (SSSR count). The summed E-state index contributed by atoms with van der Waals surface area (Å²) in [6.45, 7) is 8.44. The van der Waals surface area contributed by atoms with Crippen LogP contribution in [0.3, 0.4) is 0 Å². The molecule has 1 aliphatic rings. The number of ether oxygens (including phenoxy) is 2. The number of β-lactam (4-membered cyclic amide) rings is 1. The highest BCUT2D eigenvalue weighted by molar-refractivity contribution is 6.91. The van der Waals surface area contributed by atoms with Gasteiger partial charge in [-0.15, -0.1) is 0 Å². The third kappa shape index (κ3) is 3.25. The van der Waals surface area contributed by atoms with Crippen molar-refractivity contribution in [2.24, 2.45) is 5.92 Å². The second-order valence-electron chi connectivity index (χ2n) is 8.36. The summed E-state index contributed by atoms with van der Waals surface area (Å²) in [4.78, 5) is 27.9. The highest BCUT2D eigenvalue weighted by Crippen LogP contribution is 2.50. The van der Waals surface area contributed by atoms with Gasteiger partial charge in [-0.05, 0) is 36.7 Å². The minimum Gasteiger partial charge on any atom is -0.497 e. The van der Waals surface area contributed by atoms with Crippen LogP contribution in [0.25, 0.3) is 0 Å². The van der Waals surface area contributed by atoms with Crippen LogP contribution in [0.5, 0.6) is 5.75 Å². The average molecular weight is 412 g/mol. The Balaban J connectivity index is 2.00. The molecule has 1 aliphatic heterocycles. The van der Waals surface area contributed by atoms with Gasteiger partial charge >= 0.3 is 5.97 Å². The zero-order valence-electron chi connectivity index (χ0n) is 17.9. The van der Waals surface area contributed by atoms with Gasteiger partial charge in [0.05, 0.1) is 28.2 Å². The van der Waals surface area contributed by atoms with Crippen molar-refractivity contribution in [3.8, 4) is 5.75 Å². The minimum atomic E-state index is -2.03. The lowest BCUT2D eigenvalue weighted by Crippen LogP contribution is -2.76. The lowest BCUT2D eigenvalue weighted by atomic mass is 9.72. The Kier molecular flexibility index (Phi) is 5.58. The van der Waals surface area contributed by atoms with Gasteiger partial charge in [-0.25, -0.2) is 4.79 Å². The number of hydrogen-bond donors (Lipinski definition) is 0. The van der Waals surface area contributed by atoms with Gasteiger partial charge in [0.15, 0.2) is 5.54 Å². The fourth-order valence-corrected chi connectivity index (χ4v) is 7.36. The standard InChI is InChI=1S/C23H29NO4Si/c1-16(29(5,6)19-10-8-7-9-11-19)20-21(25)24(23(20,2)22(26)28-4)17-12-14-18(27-3)15-13-17/h7-16,20H,1-6H3/t16-,20-,23+/m0/s1. The van der Waals surface area contributed by atoms with Crippen LogP contribution in [-0.4, -0.2) is 39.7 Å². The number of benzene rings is 2. The predicted molar refractivity (Wildman–Crippen MR) is 117 cm³/mol. The van der Waals surface area contributed by atoms with E-state index in [1.54, 1.807) is 36.3 Å². The van der Waals surface area contributed by atoms with Crippen molar-refractivity contribution < 1.29 is 19.1 Å². The van der Waals surface area contributed by atoms with E-state index in [-0.39, 0.29) is 17.4 Å². The molecule has 0 N–H and O–H groups in total. The molecule has 1 saturated heterocycles. The van der Waals surface area contributed by atoms with Crippen molar-refractivity contribution in [1.29, 1.82) is 0 Å². The molecule has 0 saturated carbocycles. The Labute approximate surface area is 173 Å². The molecule has 2 aromatic rings. The highest BCUT2D eigenvalue weighted by Gasteiger charge is 2.66. The van der Waals surface area contributed by atoms with E-state index in [4.69, 9.17) is 9.47 Å². The summed E-state index contributed by atoms with van der Waals surface area (Å²) in [6, 6.07) is 17.5. The van der Waals surface area contributed by atoms with E-state index in [0.717, 1.165) is 0 Å². The Hall–Kier alpha value is -2.60. The molecule has 2 aromatic carbocycles. The Morgan fingerprint density at radius 3 is 2.17 bits per heavy atom. The molecule has 0 aliphatic carbocycles. The summed E-state index contributed by atoms with van der Waals surface area (Å²) >= 11 is 0. The SMILES string of the molecule is COC(=O)[C@@]1(C)[C@@H]([C@H](C)[Si](C)(C)c2ccccc2)C(=O)N1c1ccc(OC)cc1. The number of nitrogens with zero attached hydrogens (tertiary/aromatic N) is 1. The van der Waals surface area contributed by atoms with Gasteiger partial charge in [-0.3, -0.25) is 9.69 Å². The number of carbonyl (C=O) groups excluding carboxylic acids is 2. The number of hydrogen-bond acceptors (Lipinski definition) is 4. The summed E-state index contributed by atoms with van der Waals surface area (Å²) in [7, 11) is 0.947. The highest BCUT2D eigenvalue weighted by atomic mass is 28.3. The van der Waals surface area contributed by atoms with Crippen molar-refractivity contribution in [2.75, 3.05) is 19.1 Å². The first kappa shape index (κ1) is 21.1. The Morgan fingerprint density at radius 2 is 1.66 bits per heavy atom. The van der Waals surface area contributed by atoms with Crippen LogP contribution in [0.1, 0.15) is 13.8 Å². The van der Waals surface area contributed by atoms with Gasteiger partial charge in [0.25, 0.3) is 0 Å². The number of anilines is 1. The second-order valence-corrected chi connectivity index (χ2v) is 13.3. The van der Waals surface area contributed by atoms with Crippen molar-refractivity contribution >= 4 is 30.8 Å². The molecule has 1 fully saturated rings. The third-order valence-corrected chi connectivity index (χ3v) is 11.1. The fraction of sp³-hybridized carbons (Fsp3) is 0.391. The number of amides is 1. The molecule has 154 valence electrons. The normalized spacial score (nSPS) is 22.6. The van der Waals surface area contributed by atoms with Crippen LogP contribution in [0.15, 0.2) is 54.6 Å². The van der Waals surface area contributed by atoms with Gasteiger partial charge in [-0.2, -0.15) is 0 Å². The number of carbonyl (C=O) groups is 2. The number of methoxy groups -OCH3 is 2. The average Bonchev–Trinajstić information content (AvgIpc) is 2.74. The molecule has 5 nitrogen and oxygen atoms in total. The largest absolute Gasteiger partial charge is 0.497 e. The molecule has 0 radical (unpaired) electrons. The summed E-state index contributed by atoms with van der Waals surface area (Å²) in [5, 5.41) is 1.27. The van der Waals surface area contributed by atoms with E-state index >= 15 is 0 Å². The van der Waals surface area contributed by atoms with Gasteiger partial charge in [-0.1, -0.05) is 55.5 Å². The molecule has 29 heavy (non-hydrogen) atoms. The van der Waals surface area contributed by atoms with Gasteiger partial charge in [0.1, 0.15) is 5.75 Å². The maximum atomic E-state index is 13.4. The molecule has 0 aromatic heterocycles. The molecule has 0 bridgehead atoms. The monoisotopic (exact) mass is 411 g/mol. The van der Waals surface area contributed by atoms with E-state index in [1.807, 2.05) is 25.1 Å². The molecule has 1 amide bonds. The van der Waals surface area contributed by atoms with Crippen molar-refractivity contribution in [2.45, 2.75) is 38.0 Å². The van der Waals surface area contributed by atoms with Crippen molar-refractivity contribution in [3.63, 3.8) is 0 Å². The topological polar surface area (TPSA) is 55.8 Å². The fourth-order valence-electron chi connectivity index (χ4n) is 4.48. The first-order valence-corrected chi connectivity index (χ1v) is 12.9. The molecule has 6 heteroatoms. The van der Waals surface area contributed by atoms with Crippen LogP contribution in [0.4, 0.5) is 5.69 Å². The van der Waals surface area contributed by atoms with Crippen LogP contribution in [-0.2, 0) is 14.3 Å². The maximum absolute atomic E-state index is 13.4. The van der Waals surface area contributed by atoms with Crippen LogP contribution < -0.4 is 14.8 Å². The first-order valence-electron chi connectivity index (χ1n) is 9.81. The van der Waals surface area contributed by atoms with E-state index in [2.05, 4.69) is 32.2 Å². The summed E-state index contributed by atoms with van der Waals surface area (Å²) < 4.78 is 10.4.